The minimum absolute atomic E-state index is 0.444. The van der Waals surface area contributed by atoms with Crippen LogP contribution in [0.1, 0.15) is 18.4 Å². The van der Waals surface area contributed by atoms with Gasteiger partial charge in [0, 0.05) is 19.0 Å². The van der Waals surface area contributed by atoms with Crippen molar-refractivity contribution in [3.8, 4) is 0 Å². The van der Waals surface area contributed by atoms with Crippen molar-refractivity contribution in [2.45, 2.75) is 12.8 Å². The molecule has 0 aromatic heterocycles. The van der Waals surface area contributed by atoms with Crippen molar-refractivity contribution in [1.29, 1.82) is 0 Å². The number of piperidine rings is 3. The topological polar surface area (TPSA) is 35.8 Å². The molecular formula is C14H16N2O. The van der Waals surface area contributed by atoms with Crippen LogP contribution in [0.5, 0.6) is 0 Å². The Hall–Kier alpha value is -1.77. The molecule has 3 fully saturated rings. The van der Waals surface area contributed by atoms with Crippen molar-refractivity contribution in [3.05, 3.63) is 41.6 Å². The maximum atomic E-state index is 9.18. The predicted molar refractivity (Wildman–Crippen MR) is 67.9 cm³/mol. The lowest BCUT2D eigenvalue weighted by molar-refractivity contribution is 0.229. The molecule has 3 heteroatoms. The van der Waals surface area contributed by atoms with Crippen molar-refractivity contribution < 1.29 is 5.21 Å². The van der Waals surface area contributed by atoms with Gasteiger partial charge in [-0.1, -0.05) is 35.5 Å². The summed E-state index contributed by atoms with van der Waals surface area (Å²) in [5.41, 5.74) is 3.13. The molecule has 0 atom stereocenters. The predicted octanol–water partition coefficient (Wildman–Crippen LogP) is 2.58. The van der Waals surface area contributed by atoms with Gasteiger partial charge in [-0.3, -0.25) is 0 Å². The number of nitrogens with zero attached hydrogens (tertiary/aromatic N) is 2. The zero-order chi connectivity index (χ0) is 11.7. The summed E-state index contributed by atoms with van der Waals surface area (Å²) in [6.07, 6.45) is 4.36. The van der Waals surface area contributed by atoms with Crippen molar-refractivity contribution in [1.82, 2.24) is 4.90 Å². The van der Waals surface area contributed by atoms with E-state index in [1.54, 1.807) is 0 Å². The Morgan fingerprint density at radius 2 is 1.88 bits per heavy atom. The zero-order valence-corrected chi connectivity index (χ0v) is 9.71. The summed E-state index contributed by atoms with van der Waals surface area (Å²) in [7, 11) is 0. The van der Waals surface area contributed by atoms with E-state index in [1.165, 1.54) is 0 Å². The van der Waals surface area contributed by atoms with Crippen LogP contribution in [0.3, 0.4) is 0 Å². The van der Waals surface area contributed by atoms with Gasteiger partial charge >= 0.3 is 0 Å². The SMILES string of the molecule is O/N=C1\C(=C\c2ccccc2)N2CCC1CC2. The van der Waals surface area contributed by atoms with Crippen molar-refractivity contribution in [2.75, 3.05) is 13.1 Å². The van der Waals surface area contributed by atoms with Gasteiger partial charge in [-0.15, -0.1) is 0 Å². The summed E-state index contributed by atoms with van der Waals surface area (Å²) in [6.45, 7) is 2.17. The summed E-state index contributed by atoms with van der Waals surface area (Å²) in [5, 5.41) is 12.7. The number of rotatable bonds is 1. The second-order valence-corrected chi connectivity index (χ2v) is 4.69. The van der Waals surface area contributed by atoms with E-state index in [1.807, 2.05) is 18.2 Å². The summed E-state index contributed by atoms with van der Waals surface area (Å²) in [4.78, 5) is 2.32. The molecule has 17 heavy (non-hydrogen) atoms. The van der Waals surface area contributed by atoms with Gasteiger partial charge in [0.1, 0.15) is 5.71 Å². The van der Waals surface area contributed by atoms with Crippen LogP contribution in [0.15, 0.2) is 41.2 Å². The average Bonchev–Trinajstić information content (AvgIpc) is 2.41. The third-order valence-electron chi connectivity index (χ3n) is 3.70. The second kappa shape index (κ2) is 4.24. The molecule has 3 aliphatic heterocycles. The number of oxime groups is 1. The third kappa shape index (κ3) is 1.82. The highest BCUT2D eigenvalue weighted by Gasteiger charge is 2.35. The Balaban J connectivity index is 1.99. The van der Waals surface area contributed by atoms with Crippen LogP contribution in [-0.4, -0.2) is 28.9 Å². The van der Waals surface area contributed by atoms with E-state index in [2.05, 4.69) is 28.3 Å². The van der Waals surface area contributed by atoms with E-state index in [9.17, 15) is 5.21 Å². The molecule has 0 radical (unpaired) electrons. The first-order valence-electron chi connectivity index (χ1n) is 6.12. The lowest BCUT2D eigenvalue weighted by atomic mass is 9.83. The highest BCUT2D eigenvalue weighted by atomic mass is 16.4. The van der Waals surface area contributed by atoms with Crippen LogP contribution in [0, 0.1) is 5.92 Å². The smallest absolute Gasteiger partial charge is 0.106 e. The van der Waals surface area contributed by atoms with Crippen LogP contribution in [0.4, 0.5) is 0 Å². The van der Waals surface area contributed by atoms with Crippen LogP contribution in [0.2, 0.25) is 0 Å². The van der Waals surface area contributed by atoms with Gasteiger partial charge < -0.3 is 10.1 Å². The molecule has 3 heterocycles. The molecule has 4 rings (SSSR count). The Morgan fingerprint density at radius 3 is 2.53 bits per heavy atom. The standard InChI is InChI=1S/C14H16N2O/c17-15-14-12-6-8-16(9-7-12)13(14)10-11-4-2-1-3-5-11/h1-5,10,12,17H,6-9H2/b13-10-,15-14-. The Kier molecular flexibility index (Phi) is 2.59. The molecule has 0 spiro atoms. The molecule has 0 unspecified atom stereocenters. The van der Waals surface area contributed by atoms with Crippen molar-refractivity contribution in [2.24, 2.45) is 11.1 Å². The first-order chi connectivity index (χ1) is 8.38. The minimum atomic E-state index is 0.444. The van der Waals surface area contributed by atoms with Gasteiger partial charge in [0.25, 0.3) is 0 Å². The molecule has 0 saturated carbocycles. The molecule has 0 amide bonds. The van der Waals surface area contributed by atoms with Crippen molar-refractivity contribution in [3.63, 3.8) is 0 Å². The summed E-state index contributed by atoms with van der Waals surface area (Å²) >= 11 is 0. The highest BCUT2D eigenvalue weighted by Crippen LogP contribution is 2.33. The number of hydrogen-bond donors (Lipinski definition) is 1. The maximum Gasteiger partial charge on any atom is 0.106 e. The molecule has 88 valence electrons. The fourth-order valence-electron chi connectivity index (χ4n) is 2.77. The van der Waals surface area contributed by atoms with E-state index in [0.717, 1.165) is 42.9 Å². The fraction of sp³-hybridized carbons (Fsp3) is 0.357. The van der Waals surface area contributed by atoms with Gasteiger partial charge in [0.2, 0.25) is 0 Å². The summed E-state index contributed by atoms with van der Waals surface area (Å²) in [6, 6.07) is 10.2. The van der Waals surface area contributed by atoms with E-state index in [4.69, 9.17) is 0 Å². The normalized spacial score (nSPS) is 24.8. The molecule has 3 nitrogen and oxygen atoms in total. The van der Waals surface area contributed by atoms with Gasteiger partial charge in [-0.05, 0) is 24.5 Å². The van der Waals surface area contributed by atoms with Crippen LogP contribution in [0.25, 0.3) is 6.08 Å². The molecule has 0 aliphatic carbocycles. The monoisotopic (exact) mass is 228 g/mol. The Morgan fingerprint density at radius 1 is 1.18 bits per heavy atom. The molecule has 3 saturated heterocycles. The molecule has 1 aromatic carbocycles. The minimum Gasteiger partial charge on any atom is -0.411 e. The molecule has 3 aliphatic rings. The van der Waals surface area contributed by atoms with Crippen LogP contribution in [-0.2, 0) is 0 Å². The Labute approximate surface area is 101 Å². The number of benzene rings is 1. The first-order valence-corrected chi connectivity index (χ1v) is 6.12. The van der Waals surface area contributed by atoms with Crippen LogP contribution >= 0.6 is 0 Å². The lowest BCUT2D eigenvalue weighted by Crippen LogP contribution is -2.46. The maximum absolute atomic E-state index is 9.18. The molecule has 1 aromatic rings. The quantitative estimate of drug-likeness (QED) is 0.592. The largest absolute Gasteiger partial charge is 0.411 e. The zero-order valence-electron chi connectivity index (χ0n) is 9.71. The van der Waals surface area contributed by atoms with E-state index >= 15 is 0 Å². The van der Waals surface area contributed by atoms with Gasteiger partial charge in [-0.25, -0.2) is 0 Å². The van der Waals surface area contributed by atoms with E-state index < -0.39 is 0 Å². The molecular weight excluding hydrogens is 212 g/mol. The number of hydrogen-bond acceptors (Lipinski definition) is 3. The fourth-order valence-corrected chi connectivity index (χ4v) is 2.77. The Bertz CT molecular complexity index is 456. The third-order valence-corrected chi connectivity index (χ3v) is 3.70. The second-order valence-electron chi connectivity index (χ2n) is 4.69. The summed E-state index contributed by atoms with van der Waals surface area (Å²) < 4.78 is 0. The molecule has 1 N–H and O–H groups in total. The van der Waals surface area contributed by atoms with E-state index in [0.29, 0.717) is 5.92 Å². The average molecular weight is 228 g/mol. The van der Waals surface area contributed by atoms with E-state index in [-0.39, 0.29) is 0 Å². The summed E-state index contributed by atoms with van der Waals surface area (Å²) in [5.74, 6) is 0.444. The lowest BCUT2D eigenvalue weighted by Gasteiger charge is -2.42. The number of allylic oxidation sites excluding steroid dienone is 1. The highest BCUT2D eigenvalue weighted by molar-refractivity contribution is 6.05. The number of fused-ring (bicyclic) bond motifs is 3. The molecule has 2 bridgehead atoms. The van der Waals surface area contributed by atoms with Gasteiger partial charge in [0.15, 0.2) is 0 Å². The first kappa shape index (κ1) is 10.4. The van der Waals surface area contributed by atoms with Crippen molar-refractivity contribution >= 4 is 11.8 Å². The van der Waals surface area contributed by atoms with Crippen LogP contribution < -0.4 is 0 Å². The van der Waals surface area contributed by atoms with Gasteiger partial charge in [0.05, 0.1) is 5.70 Å². The van der Waals surface area contributed by atoms with Gasteiger partial charge in [-0.2, -0.15) is 0 Å².